The summed E-state index contributed by atoms with van der Waals surface area (Å²) in [6.45, 7) is 4.70. The first-order valence-corrected chi connectivity index (χ1v) is 10.5. The SMILES string of the molecule is O=C(C[C@H](NCCCN1CCOCC1)C(=O)O)Nc1ccc(Oc2ccccc2)cc1. The second-order valence-electron chi connectivity index (χ2n) is 7.34. The van der Waals surface area contributed by atoms with Crippen LogP contribution in [0.1, 0.15) is 12.8 Å². The first kappa shape index (κ1) is 22.7. The van der Waals surface area contributed by atoms with Crippen LogP contribution in [0.15, 0.2) is 54.6 Å². The first-order chi connectivity index (χ1) is 15.1. The molecule has 3 rings (SSSR count). The predicted molar refractivity (Wildman–Crippen MR) is 118 cm³/mol. The second kappa shape index (κ2) is 12.0. The lowest BCUT2D eigenvalue weighted by atomic mass is 10.2. The Hall–Kier alpha value is -2.94. The summed E-state index contributed by atoms with van der Waals surface area (Å²) in [7, 11) is 0. The molecule has 1 atom stereocenters. The summed E-state index contributed by atoms with van der Waals surface area (Å²) < 4.78 is 11.0. The van der Waals surface area contributed by atoms with E-state index in [-0.39, 0.29) is 12.3 Å². The topological polar surface area (TPSA) is 100 Å². The Kier molecular flexibility index (Phi) is 8.84. The van der Waals surface area contributed by atoms with E-state index in [1.165, 1.54) is 0 Å². The van der Waals surface area contributed by atoms with Gasteiger partial charge in [0.2, 0.25) is 5.91 Å². The fraction of sp³-hybridized carbons (Fsp3) is 0.391. The minimum absolute atomic E-state index is 0.144. The quantitative estimate of drug-likeness (QED) is 0.474. The van der Waals surface area contributed by atoms with E-state index in [4.69, 9.17) is 9.47 Å². The standard InChI is InChI=1S/C23H29N3O5/c27-22(17-21(23(28)29)24-11-4-12-26-13-15-30-16-14-26)25-18-7-9-20(10-8-18)31-19-5-2-1-3-6-19/h1-3,5-10,21,24H,4,11-17H2,(H,25,27)(H,28,29)/t21-/m0/s1. The minimum Gasteiger partial charge on any atom is -0.480 e. The highest BCUT2D eigenvalue weighted by Gasteiger charge is 2.21. The van der Waals surface area contributed by atoms with Crippen molar-refractivity contribution in [3.05, 3.63) is 54.6 Å². The number of carboxylic acids is 1. The van der Waals surface area contributed by atoms with Gasteiger partial charge in [0.15, 0.2) is 0 Å². The van der Waals surface area contributed by atoms with Gasteiger partial charge in [0, 0.05) is 18.8 Å². The number of ether oxygens (including phenoxy) is 2. The molecule has 0 aliphatic carbocycles. The molecule has 3 N–H and O–H groups in total. The van der Waals surface area contributed by atoms with E-state index in [0.717, 1.165) is 45.0 Å². The van der Waals surface area contributed by atoms with Crippen LogP contribution in [0.3, 0.4) is 0 Å². The van der Waals surface area contributed by atoms with Crippen molar-refractivity contribution in [2.24, 2.45) is 0 Å². The number of hydrogen-bond donors (Lipinski definition) is 3. The summed E-state index contributed by atoms with van der Waals surface area (Å²) >= 11 is 0. The van der Waals surface area contributed by atoms with Gasteiger partial charge in [-0.1, -0.05) is 18.2 Å². The Morgan fingerprint density at radius 1 is 1.03 bits per heavy atom. The number of morpholine rings is 1. The normalized spacial score (nSPS) is 15.2. The molecule has 1 amide bonds. The number of amides is 1. The van der Waals surface area contributed by atoms with Crippen LogP contribution < -0.4 is 15.4 Å². The van der Waals surface area contributed by atoms with Crippen LogP contribution in [0.25, 0.3) is 0 Å². The number of para-hydroxylation sites is 1. The highest BCUT2D eigenvalue weighted by atomic mass is 16.5. The number of hydrogen-bond acceptors (Lipinski definition) is 6. The summed E-state index contributed by atoms with van der Waals surface area (Å²) in [6, 6.07) is 15.4. The van der Waals surface area contributed by atoms with Gasteiger partial charge in [0.05, 0.1) is 19.6 Å². The van der Waals surface area contributed by atoms with Crippen LogP contribution in [0.4, 0.5) is 5.69 Å². The number of rotatable bonds is 11. The third-order valence-corrected chi connectivity index (χ3v) is 4.95. The minimum atomic E-state index is -1.03. The van der Waals surface area contributed by atoms with E-state index < -0.39 is 12.0 Å². The van der Waals surface area contributed by atoms with Gasteiger partial charge in [-0.05, 0) is 55.9 Å². The van der Waals surface area contributed by atoms with Crippen LogP contribution in [-0.2, 0) is 14.3 Å². The van der Waals surface area contributed by atoms with Gasteiger partial charge in [0.25, 0.3) is 0 Å². The van der Waals surface area contributed by atoms with Crippen molar-refractivity contribution < 1.29 is 24.2 Å². The molecule has 1 aliphatic rings. The van der Waals surface area contributed by atoms with Crippen LogP contribution in [0.2, 0.25) is 0 Å². The molecule has 166 valence electrons. The monoisotopic (exact) mass is 427 g/mol. The Balaban J connectivity index is 1.41. The molecule has 1 heterocycles. The number of benzene rings is 2. The molecule has 0 bridgehead atoms. The molecule has 1 saturated heterocycles. The number of carboxylic acid groups (broad SMARTS) is 1. The van der Waals surface area contributed by atoms with Crippen molar-refractivity contribution in [1.29, 1.82) is 0 Å². The fourth-order valence-electron chi connectivity index (χ4n) is 3.28. The van der Waals surface area contributed by atoms with Crippen molar-refractivity contribution in [2.45, 2.75) is 18.9 Å². The molecule has 0 unspecified atom stereocenters. The Morgan fingerprint density at radius 2 is 1.71 bits per heavy atom. The van der Waals surface area contributed by atoms with Crippen LogP contribution in [-0.4, -0.2) is 67.3 Å². The van der Waals surface area contributed by atoms with Gasteiger partial charge in [-0.2, -0.15) is 0 Å². The van der Waals surface area contributed by atoms with Gasteiger partial charge in [-0.25, -0.2) is 0 Å². The third kappa shape index (κ3) is 8.01. The third-order valence-electron chi connectivity index (χ3n) is 4.95. The molecular weight excluding hydrogens is 398 g/mol. The molecule has 2 aromatic rings. The maximum absolute atomic E-state index is 12.3. The number of nitrogens with zero attached hydrogens (tertiary/aromatic N) is 1. The van der Waals surface area contributed by atoms with E-state index in [1.807, 2.05) is 30.3 Å². The zero-order valence-electron chi connectivity index (χ0n) is 17.5. The van der Waals surface area contributed by atoms with E-state index >= 15 is 0 Å². The number of aliphatic carboxylic acids is 1. The maximum atomic E-state index is 12.3. The Bertz CT molecular complexity index is 823. The first-order valence-electron chi connectivity index (χ1n) is 10.5. The summed E-state index contributed by atoms with van der Waals surface area (Å²) in [4.78, 5) is 26.1. The van der Waals surface area contributed by atoms with Crippen molar-refractivity contribution in [3.63, 3.8) is 0 Å². The molecule has 8 heteroatoms. The molecule has 0 aromatic heterocycles. The fourth-order valence-corrected chi connectivity index (χ4v) is 3.28. The molecule has 0 saturated carbocycles. The van der Waals surface area contributed by atoms with E-state index in [0.29, 0.717) is 18.0 Å². The van der Waals surface area contributed by atoms with Gasteiger partial charge < -0.3 is 25.2 Å². The molecule has 8 nitrogen and oxygen atoms in total. The highest BCUT2D eigenvalue weighted by molar-refractivity contribution is 5.94. The van der Waals surface area contributed by atoms with Crippen molar-refractivity contribution >= 4 is 17.6 Å². The molecule has 2 aromatic carbocycles. The number of anilines is 1. The molecule has 1 aliphatic heterocycles. The lowest BCUT2D eigenvalue weighted by Gasteiger charge is -2.26. The lowest BCUT2D eigenvalue weighted by molar-refractivity contribution is -0.141. The van der Waals surface area contributed by atoms with Gasteiger partial charge in [-0.15, -0.1) is 0 Å². The second-order valence-corrected chi connectivity index (χ2v) is 7.34. The summed E-state index contributed by atoms with van der Waals surface area (Å²) in [5, 5.41) is 15.1. The number of carbonyl (C=O) groups is 2. The van der Waals surface area contributed by atoms with Gasteiger partial charge in [-0.3, -0.25) is 14.5 Å². The smallest absolute Gasteiger partial charge is 0.321 e. The lowest BCUT2D eigenvalue weighted by Crippen LogP contribution is -2.42. The highest BCUT2D eigenvalue weighted by Crippen LogP contribution is 2.22. The molecule has 31 heavy (non-hydrogen) atoms. The van der Waals surface area contributed by atoms with Crippen LogP contribution in [0.5, 0.6) is 11.5 Å². The summed E-state index contributed by atoms with van der Waals surface area (Å²) in [6.07, 6.45) is 0.670. The van der Waals surface area contributed by atoms with E-state index in [1.54, 1.807) is 24.3 Å². The van der Waals surface area contributed by atoms with Gasteiger partial charge in [0.1, 0.15) is 17.5 Å². The predicted octanol–water partition coefficient (Wildman–Crippen LogP) is 2.57. The van der Waals surface area contributed by atoms with E-state index in [2.05, 4.69) is 15.5 Å². The average molecular weight is 428 g/mol. The Morgan fingerprint density at radius 3 is 2.39 bits per heavy atom. The number of nitrogens with one attached hydrogen (secondary N) is 2. The summed E-state index contributed by atoms with van der Waals surface area (Å²) in [5.74, 6) is -0.0178. The van der Waals surface area contributed by atoms with Gasteiger partial charge >= 0.3 is 5.97 Å². The zero-order valence-corrected chi connectivity index (χ0v) is 17.5. The molecule has 0 radical (unpaired) electrons. The Labute approximate surface area is 182 Å². The van der Waals surface area contributed by atoms with Crippen LogP contribution in [0, 0.1) is 0 Å². The molecular formula is C23H29N3O5. The van der Waals surface area contributed by atoms with Crippen molar-refractivity contribution in [3.8, 4) is 11.5 Å². The molecule has 1 fully saturated rings. The van der Waals surface area contributed by atoms with Crippen molar-refractivity contribution in [1.82, 2.24) is 10.2 Å². The van der Waals surface area contributed by atoms with Crippen LogP contribution >= 0.6 is 0 Å². The van der Waals surface area contributed by atoms with E-state index in [9.17, 15) is 14.7 Å². The number of carbonyl (C=O) groups excluding carboxylic acids is 1. The largest absolute Gasteiger partial charge is 0.480 e. The zero-order chi connectivity index (χ0) is 21.9. The summed E-state index contributed by atoms with van der Waals surface area (Å²) in [5.41, 5.74) is 0.585. The maximum Gasteiger partial charge on any atom is 0.321 e. The average Bonchev–Trinajstić information content (AvgIpc) is 2.78. The molecule has 0 spiro atoms. The van der Waals surface area contributed by atoms with Crippen molar-refractivity contribution in [2.75, 3.05) is 44.7 Å².